The molecule has 1 unspecified atom stereocenters. The monoisotopic (exact) mass is 295 g/mol. The highest BCUT2D eigenvalue weighted by Gasteiger charge is 2.40. The molecule has 1 aliphatic rings. The number of benzene rings is 1. The third-order valence-electron chi connectivity index (χ3n) is 3.16. The Bertz CT molecular complexity index is 516. The Balaban J connectivity index is 2.04. The quantitative estimate of drug-likeness (QED) is 0.806. The molecule has 1 aliphatic heterocycles. The molecule has 108 valence electrons. The van der Waals surface area contributed by atoms with E-state index >= 15 is 0 Å². The zero-order valence-corrected chi connectivity index (χ0v) is 12.3. The maximum absolute atomic E-state index is 12.1. The summed E-state index contributed by atoms with van der Waals surface area (Å²) < 4.78 is 4.93. The van der Waals surface area contributed by atoms with Crippen LogP contribution in [0.4, 0.5) is 0 Å². The third-order valence-corrected chi connectivity index (χ3v) is 3.42. The van der Waals surface area contributed by atoms with Crippen LogP contribution in [0.5, 0.6) is 0 Å². The number of carbonyl (C=O) groups excluding carboxylic acids is 1. The Morgan fingerprint density at radius 2 is 2.05 bits per heavy atom. The van der Waals surface area contributed by atoms with Gasteiger partial charge in [-0.15, -0.1) is 0 Å². The van der Waals surface area contributed by atoms with Gasteiger partial charge in [0.25, 0.3) is 5.91 Å². The highest BCUT2D eigenvalue weighted by atomic mass is 35.5. The fourth-order valence-corrected chi connectivity index (χ4v) is 2.18. The molecule has 1 heterocycles. The van der Waals surface area contributed by atoms with Gasteiger partial charge < -0.3 is 10.1 Å². The van der Waals surface area contributed by atoms with Gasteiger partial charge in [-0.05, 0) is 24.6 Å². The van der Waals surface area contributed by atoms with Gasteiger partial charge in [0.15, 0.2) is 5.96 Å². The molecule has 1 saturated heterocycles. The van der Waals surface area contributed by atoms with E-state index in [1.165, 1.54) is 0 Å². The van der Waals surface area contributed by atoms with Crippen molar-refractivity contribution in [2.24, 2.45) is 4.99 Å². The number of rotatable bonds is 5. The molecule has 6 heteroatoms. The first-order valence-electron chi connectivity index (χ1n) is 6.41. The fourth-order valence-electron chi connectivity index (χ4n) is 2.06. The van der Waals surface area contributed by atoms with E-state index in [1.807, 2.05) is 31.2 Å². The van der Waals surface area contributed by atoms with Crippen molar-refractivity contribution in [1.29, 1.82) is 0 Å². The summed E-state index contributed by atoms with van der Waals surface area (Å²) in [6.07, 6.45) is 0.569. The van der Waals surface area contributed by atoms with Gasteiger partial charge >= 0.3 is 0 Å². The van der Waals surface area contributed by atoms with Crippen LogP contribution in [0, 0.1) is 0 Å². The van der Waals surface area contributed by atoms with Gasteiger partial charge in [0.1, 0.15) is 5.54 Å². The highest BCUT2D eigenvalue weighted by Crippen LogP contribution is 2.18. The van der Waals surface area contributed by atoms with Crippen molar-refractivity contribution in [2.75, 3.05) is 20.3 Å². The Hall–Kier alpha value is -1.59. The smallest absolute Gasteiger partial charge is 0.252 e. The Morgan fingerprint density at radius 1 is 1.35 bits per heavy atom. The number of methoxy groups -OCH3 is 1. The highest BCUT2D eigenvalue weighted by molar-refractivity contribution is 6.30. The summed E-state index contributed by atoms with van der Waals surface area (Å²) >= 11 is 5.86. The minimum Gasteiger partial charge on any atom is -0.383 e. The molecule has 1 fully saturated rings. The number of halogens is 1. The summed E-state index contributed by atoms with van der Waals surface area (Å²) in [5, 5.41) is 6.58. The van der Waals surface area contributed by atoms with E-state index in [0.29, 0.717) is 30.6 Å². The molecule has 0 radical (unpaired) electrons. The van der Waals surface area contributed by atoms with Crippen molar-refractivity contribution in [2.45, 2.75) is 18.9 Å². The third kappa shape index (κ3) is 3.49. The van der Waals surface area contributed by atoms with Gasteiger partial charge in [0, 0.05) is 18.6 Å². The molecule has 0 spiro atoms. The number of nitrogens with zero attached hydrogens (tertiary/aromatic N) is 1. The van der Waals surface area contributed by atoms with Crippen LogP contribution in [-0.4, -0.2) is 37.7 Å². The summed E-state index contributed by atoms with van der Waals surface area (Å²) in [6.45, 7) is 2.89. The van der Waals surface area contributed by atoms with Crippen molar-refractivity contribution in [3.8, 4) is 0 Å². The standard InChI is InChI=1S/C14H18ClN3O2/c1-14(9-10-3-5-11(15)6-4-10)12(19)17-13(18-14)16-7-8-20-2/h3-6H,7-9H2,1-2H3,(H2,16,17,18,19). The van der Waals surface area contributed by atoms with Gasteiger partial charge in [0.2, 0.25) is 0 Å². The van der Waals surface area contributed by atoms with Crippen LogP contribution in [0.3, 0.4) is 0 Å². The van der Waals surface area contributed by atoms with Crippen molar-refractivity contribution in [3.05, 3.63) is 34.9 Å². The fraction of sp³-hybridized carbons (Fsp3) is 0.429. The van der Waals surface area contributed by atoms with Gasteiger partial charge in [0.05, 0.1) is 13.2 Å². The van der Waals surface area contributed by atoms with E-state index in [0.717, 1.165) is 5.56 Å². The summed E-state index contributed by atoms with van der Waals surface area (Å²) in [4.78, 5) is 16.3. The zero-order chi connectivity index (χ0) is 14.6. The molecule has 0 aromatic heterocycles. The lowest BCUT2D eigenvalue weighted by molar-refractivity contribution is -0.123. The number of nitrogens with one attached hydrogen (secondary N) is 2. The second kappa shape index (κ2) is 6.24. The lowest BCUT2D eigenvalue weighted by Gasteiger charge is -2.21. The van der Waals surface area contributed by atoms with Crippen molar-refractivity contribution >= 4 is 23.5 Å². The largest absolute Gasteiger partial charge is 0.383 e. The molecule has 2 N–H and O–H groups in total. The topological polar surface area (TPSA) is 62.7 Å². The van der Waals surface area contributed by atoms with Crippen molar-refractivity contribution < 1.29 is 9.53 Å². The van der Waals surface area contributed by atoms with Crippen LogP contribution in [0.15, 0.2) is 29.3 Å². The van der Waals surface area contributed by atoms with Gasteiger partial charge in [-0.25, -0.2) is 0 Å². The molecular weight excluding hydrogens is 278 g/mol. The van der Waals surface area contributed by atoms with E-state index < -0.39 is 5.54 Å². The summed E-state index contributed by atoms with van der Waals surface area (Å²) in [6, 6.07) is 7.48. The number of amides is 1. The van der Waals surface area contributed by atoms with Gasteiger partial charge in [-0.2, -0.15) is 0 Å². The minimum atomic E-state index is -0.695. The number of aliphatic imine (C=N–C) groups is 1. The predicted octanol–water partition coefficient (Wildman–Crippen LogP) is 1.36. The maximum atomic E-state index is 12.1. The SMILES string of the molecule is COCCN=C1NC(=O)C(C)(Cc2ccc(Cl)cc2)N1. The predicted molar refractivity (Wildman–Crippen MR) is 79.0 cm³/mol. The van der Waals surface area contributed by atoms with Crippen LogP contribution >= 0.6 is 11.6 Å². The van der Waals surface area contributed by atoms with Crippen molar-refractivity contribution in [3.63, 3.8) is 0 Å². The van der Waals surface area contributed by atoms with Crippen LogP contribution in [0.25, 0.3) is 0 Å². The lowest BCUT2D eigenvalue weighted by Crippen LogP contribution is -2.45. The van der Waals surface area contributed by atoms with Crippen molar-refractivity contribution in [1.82, 2.24) is 10.6 Å². The number of hydrogen-bond acceptors (Lipinski definition) is 3. The molecule has 5 nitrogen and oxygen atoms in total. The van der Waals surface area contributed by atoms with E-state index in [-0.39, 0.29) is 5.91 Å². The summed E-state index contributed by atoms with van der Waals surface area (Å²) in [5.74, 6) is 0.423. The second-order valence-electron chi connectivity index (χ2n) is 4.94. The minimum absolute atomic E-state index is 0.0800. The van der Waals surface area contributed by atoms with E-state index in [9.17, 15) is 4.79 Å². The van der Waals surface area contributed by atoms with Crippen LogP contribution < -0.4 is 10.6 Å². The van der Waals surface area contributed by atoms with Crippen LogP contribution in [-0.2, 0) is 16.0 Å². The zero-order valence-electron chi connectivity index (χ0n) is 11.6. The average molecular weight is 296 g/mol. The Labute approximate surface area is 123 Å². The Morgan fingerprint density at radius 3 is 2.70 bits per heavy atom. The second-order valence-corrected chi connectivity index (χ2v) is 5.37. The van der Waals surface area contributed by atoms with E-state index in [4.69, 9.17) is 16.3 Å². The molecule has 20 heavy (non-hydrogen) atoms. The molecule has 1 atom stereocenters. The molecule has 0 bridgehead atoms. The Kier molecular flexibility index (Phi) is 4.62. The number of ether oxygens (including phenoxy) is 1. The van der Waals surface area contributed by atoms with Gasteiger partial charge in [-0.3, -0.25) is 15.1 Å². The molecule has 0 saturated carbocycles. The first-order valence-corrected chi connectivity index (χ1v) is 6.79. The first kappa shape index (κ1) is 14.8. The van der Waals surface area contributed by atoms with E-state index in [1.54, 1.807) is 7.11 Å². The molecule has 1 amide bonds. The molecular formula is C14H18ClN3O2. The summed E-state index contributed by atoms with van der Waals surface area (Å²) in [7, 11) is 1.62. The molecule has 1 aromatic carbocycles. The average Bonchev–Trinajstić information content (AvgIpc) is 2.68. The number of guanidine groups is 1. The van der Waals surface area contributed by atoms with Gasteiger partial charge in [-0.1, -0.05) is 23.7 Å². The van der Waals surface area contributed by atoms with Crippen LogP contribution in [0.1, 0.15) is 12.5 Å². The molecule has 1 aromatic rings. The maximum Gasteiger partial charge on any atom is 0.252 e. The summed E-state index contributed by atoms with van der Waals surface area (Å²) in [5.41, 5.74) is 0.345. The first-order chi connectivity index (χ1) is 9.53. The number of carbonyl (C=O) groups is 1. The van der Waals surface area contributed by atoms with E-state index in [2.05, 4.69) is 15.6 Å². The number of hydrogen-bond donors (Lipinski definition) is 2. The lowest BCUT2D eigenvalue weighted by atomic mass is 9.93. The molecule has 2 rings (SSSR count). The molecule has 0 aliphatic carbocycles. The normalized spacial score (nSPS) is 23.8. The van der Waals surface area contributed by atoms with Crippen LogP contribution in [0.2, 0.25) is 5.02 Å².